The lowest BCUT2D eigenvalue weighted by Crippen LogP contribution is -2.13. The zero-order valence-electron chi connectivity index (χ0n) is 15.0. The highest BCUT2D eigenvalue weighted by atomic mass is 32.1. The first-order valence-corrected chi connectivity index (χ1v) is 8.90. The Morgan fingerprint density at radius 2 is 1.88 bits per heavy atom. The van der Waals surface area contributed by atoms with Crippen LogP contribution >= 0.6 is 11.3 Å². The van der Waals surface area contributed by atoms with Gasteiger partial charge in [-0.1, -0.05) is 0 Å². The molecule has 134 valence electrons. The average Bonchev–Trinajstić information content (AvgIpc) is 3.19. The van der Waals surface area contributed by atoms with Crippen LogP contribution < -0.4 is 10.1 Å². The maximum Gasteiger partial charge on any atom is 0.274 e. The second-order valence-corrected chi connectivity index (χ2v) is 6.76. The van der Waals surface area contributed by atoms with Crippen molar-refractivity contribution in [3.05, 3.63) is 52.2 Å². The fourth-order valence-corrected chi connectivity index (χ4v) is 3.61. The van der Waals surface area contributed by atoms with Crippen molar-refractivity contribution < 1.29 is 14.3 Å². The molecule has 0 radical (unpaired) electrons. The summed E-state index contributed by atoms with van der Waals surface area (Å²) in [4.78, 5) is 31.7. The number of Topliss-reactive ketones (excluding diaryl/α,β-unsaturated/α-hetero) is 1. The van der Waals surface area contributed by atoms with Gasteiger partial charge in [0, 0.05) is 22.2 Å². The number of ketones is 1. The molecule has 0 atom stereocenters. The number of carbonyl (C=O) groups excluding carboxylic acids is 2. The second-order valence-electron chi connectivity index (χ2n) is 5.90. The minimum absolute atomic E-state index is 0.0636. The lowest BCUT2D eigenvalue weighted by atomic mass is 10.1. The monoisotopic (exact) mass is 369 g/mol. The van der Waals surface area contributed by atoms with Crippen LogP contribution in [0.15, 0.2) is 29.6 Å². The molecule has 0 fully saturated rings. The topological polar surface area (TPSA) is 84.1 Å². The van der Waals surface area contributed by atoms with Crippen molar-refractivity contribution >= 4 is 28.2 Å². The summed E-state index contributed by atoms with van der Waals surface area (Å²) in [6, 6.07) is 7.55. The number of anilines is 1. The number of ether oxygens (including phenoxy) is 1. The molecule has 2 heterocycles. The number of amides is 1. The molecular weight excluding hydrogens is 350 g/mol. The molecular formula is C19H19N3O3S. The van der Waals surface area contributed by atoms with E-state index in [4.69, 9.17) is 4.74 Å². The molecule has 0 saturated carbocycles. The molecule has 1 aromatic carbocycles. The van der Waals surface area contributed by atoms with Gasteiger partial charge in [0.25, 0.3) is 5.91 Å². The molecule has 0 spiro atoms. The van der Waals surface area contributed by atoms with Crippen molar-refractivity contribution in [2.24, 2.45) is 0 Å². The quantitative estimate of drug-likeness (QED) is 0.660. The predicted molar refractivity (Wildman–Crippen MR) is 102 cm³/mol. The van der Waals surface area contributed by atoms with Crippen LogP contribution in [-0.2, 0) is 0 Å². The standard InChI is InChI=1S/C19H19N3O3S/c1-10-16(12(3)23)11(2)20-17(10)18(24)22-19-21-15(9-26-19)13-5-7-14(25-4)8-6-13/h5-9,20H,1-4H3,(H,21,22,24). The van der Waals surface area contributed by atoms with Crippen molar-refractivity contribution in [1.82, 2.24) is 9.97 Å². The van der Waals surface area contributed by atoms with Crippen molar-refractivity contribution in [3.63, 3.8) is 0 Å². The summed E-state index contributed by atoms with van der Waals surface area (Å²) in [5, 5.41) is 5.17. The van der Waals surface area contributed by atoms with Gasteiger partial charge in [-0.3, -0.25) is 14.9 Å². The van der Waals surface area contributed by atoms with E-state index in [1.165, 1.54) is 18.3 Å². The van der Waals surface area contributed by atoms with E-state index < -0.39 is 0 Å². The zero-order valence-corrected chi connectivity index (χ0v) is 15.8. The first-order chi connectivity index (χ1) is 12.4. The molecule has 0 bridgehead atoms. The normalized spacial score (nSPS) is 10.6. The molecule has 2 aromatic heterocycles. The summed E-state index contributed by atoms with van der Waals surface area (Å²) in [5.41, 5.74) is 4.00. The van der Waals surface area contributed by atoms with Crippen LogP contribution in [0.25, 0.3) is 11.3 Å². The Bertz CT molecular complexity index is 971. The summed E-state index contributed by atoms with van der Waals surface area (Å²) in [6.45, 7) is 5.04. The highest BCUT2D eigenvalue weighted by molar-refractivity contribution is 7.14. The minimum Gasteiger partial charge on any atom is -0.497 e. The van der Waals surface area contributed by atoms with E-state index in [2.05, 4.69) is 15.3 Å². The Morgan fingerprint density at radius 1 is 1.19 bits per heavy atom. The number of benzene rings is 1. The third-order valence-electron chi connectivity index (χ3n) is 4.13. The fraction of sp³-hybridized carbons (Fsp3) is 0.211. The van der Waals surface area contributed by atoms with Gasteiger partial charge in [-0.05, 0) is 50.6 Å². The Hall–Kier alpha value is -2.93. The van der Waals surface area contributed by atoms with Gasteiger partial charge >= 0.3 is 0 Å². The van der Waals surface area contributed by atoms with E-state index in [-0.39, 0.29) is 11.7 Å². The minimum atomic E-state index is -0.311. The highest BCUT2D eigenvalue weighted by Gasteiger charge is 2.20. The number of rotatable bonds is 5. The summed E-state index contributed by atoms with van der Waals surface area (Å²) in [6.07, 6.45) is 0. The number of aryl methyl sites for hydroxylation is 1. The summed E-state index contributed by atoms with van der Waals surface area (Å²) in [7, 11) is 1.62. The number of methoxy groups -OCH3 is 1. The highest BCUT2D eigenvalue weighted by Crippen LogP contribution is 2.27. The molecule has 0 aliphatic carbocycles. The summed E-state index contributed by atoms with van der Waals surface area (Å²) >= 11 is 1.35. The largest absolute Gasteiger partial charge is 0.497 e. The van der Waals surface area contributed by atoms with E-state index in [0.717, 1.165) is 17.0 Å². The van der Waals surface area contributed by atoms with E-state index in [9.17, 15) is 9.59 Å². The van der Waals surface area contributed by atoms with Crippen LogP contribution in [0.4, 0.5) is 5.13 Å². The van der Waals surface area contributed by atoms with E-state index in [1.54, 1.807) is 21.0 Å². The van der Waals surface area contributed by atoms with E-state index in [1.807, 2.05) is 29.6 Å². The molecule has 3 rings (SSSR count). The SMILES string of the molecule is COc1ccc(-c2csc(NC(=O)c3[nH]c(C)c(C(C)=O)c3C)n2)cc1. The number of aromatic amines is 1. The van der Waals surface area contributed by atoms with Gasteiger partial charge < -0.3 is 9.72 Å². The second kappa shape index (κ2) is 7.13. The molecule has 1 amide bonds. The average molecular weight is 369 g/mol. The first kappa shape index (κ1) is 17.9. The first-order valence-electron chi connectivity index (χ1n) is 8.02. The Labute approximate surface area is 155 Å². The maximum absolute atomic E-state index is 12.5. The van der Waals surface area contributed by atoms with Crippen LogP contribution in [0.5, 0.6) is 5.75 Å². The van der Waals surface area contributed by atoms with Gasteiger partial charge in [0.15, 0.2) is 10.9 Å². The molecule has 7 heteroatoms. The van der Waals surface area contributed by atoms with Gasteiger partial charge in [-0.15, -0.1) is 11.3 Å². The smallest absolute Gasteiger partial charge is 0.274 e. The lowest BCUT2D eigenvalue weighted by Gasteiger charge is -2.02. The van der Waals surface area contributed by atoms with Crippen LogP contribution in [0.2, 0.25) is 0 Å². The number of nitrogens with zero attached hydrogens (tertiary/aromatic N) is 1. The van der Waals surface area contributed by atoms with E-state index in [0.29, 0.717) is 27.6 Å². The number of aromatic nitrogens is 2. The van der Waals surface area contributed by atoms with Crippen LogP contribution in [0, 0.1) is 13.8 Å². The number of carbonyl (C=O) groups is 2. The molecule has 2 N–H and O–H groups in total. The van der Waals surface area contributed by atoms with Gasteiger partial charge in [-0.25, -0.2) is 4.98 Å². The Balaban J connectivity index is 1.80. The van der Waals surface area contributed by atoms with Gasteiger partial charge in [-0.2, -0.15) is 0 Å². The molecule has 6 nitrogen and oxygen atoms in total. The number of thiazole rings is 1. The molecule has 26 heavy (non-hydrogen) atoms. The summed E-state index contributed by atoms with van der Waals surface area (Å²) < 4.78 is 5.15. The lowest BCUT2D eigenvalue weighted by molar-refractivity contribution is 0.101. The van der Waals surface area contributed by atoms with E-state index >= 15 is 0 Å². The molecule has 3 aromatic rings. The van der Waals surface area contributed by atoms with Gasteiger partial charge in [0.1, 0.15) is 11.4 Å². The van der Waals surface area contributed by atoms with Gasteiger partial charge in [0.05, 0.1) is 12.8 Å². The predicted octanol–water partition coefficient (Wildman–Crippen LogP) is 4.22. The van der Waals surface area contributed by atoms with Crippen molar-refractivity contribution in [3.8, 4) is 17.0 Å². The van der Waals surface area contributed by atoms with Crippen LogP contribution in [0.3, 0.4) is 0 Å². The number of H-pyrrole nitrogens is 1. The Morgan fingerprint density at radius 3 is 2.46 bits per heavy atom. The molecule has 0 unspecified atom stereocenters. The number of hydrogen-bond acceptors (Lipinski definition) is 5. The molecule has 0 aliphatic heterocycles. The van der Waals surface area contributed by atoms with Crippen molar-refractivity contribution in [2.75, 3.05) is 12.4 Å². The third kappa shape index (κ3) is 3.39. The Kier molecular flexibility index (Phi) is 4.90. The fourth-order valence-electron chi connectivity index (χ4n) is 2.89. The third-order valence-corrected chi connectivity index (χ3v) is 4.88. The van der Waals surface area contributed by atoms with Crippen LogP contribution in [-0.4, -0.2) is 28.8 Å². The maximum atomic E-state index is 12.5. The zero-order chi connectivity index (χ0) is 18.8. The van der Waals surface area contributed by atoms with Gasteiger partial charge in [0.2, 0.25) is 0 Å². The molecule has 0 aliphatic rings. The summed E-state index contributed by atoms with van der Waals surface area (Å²) in [5.74, 6) is 0.399. The molecule has 0 saturated heterocycles. The number of nitrogens with one attached hydrogen (secondary N) is 2. The number of hydrogen-bond donors (Lipinski definition) is 2. The van der Waals surface area contributed by atoms with Crippen molar-refractivity contribution in [1.29, 1.82) is 0 Å². The van der Waals surface area contributed by atoms with Crippen molar-refractivity contribution in [2.45, 2.75) is 20.8 Å². The van der Waals surface area contributed by atoms with Crippen LogP contribution in [0.1, 0.15) is 39.0 Å².